The first kappa shape index (κ1) is 14.4. The molecule has 0 radical (unpaired) electrons. The molecule has 0 spiro atoms. The van der Waals surface area contributed by atoms with E-state index in [0.29, 0.717) is 12.3 Å². The lowest BCUT2D eigenvalue weighted by molar-refractivity contribution is 0.317. The summed E-state index contributed by atoms with van der Waals surface area (Å²) in [6.07, 6.45) is 2.61. The van der Waals surface area contributed by atoms with Gasteiger partial charge in [-0.15, -0.1) is 0 Å². The van der Waals surface area contributed by atoms with Crippen LogP contribution in [-0.4, -0.2) is 21.4 Å². The van der Waals surface area contributed by atoms with Crippen molar-refractivity contribution in [1.82, 2.24) is 14.8 Å². The van der Waals surface area contributed by atoms with E-state index in [-0.39, 0.29) is 0 Å². The van der Waals surface area contributed by atoms with Crippen LogP contribution in [0, 0.1) is 0 Å². The van der Waals surface area contributed by atoms with Crippen molar-refractivity contribution in [3.8, 4) is 11.4 Å². The van der Waals surface area contributed by atoms with E-state index in [1.165, 1.54) is 0 Å². The summed E-state index contributed by atoms with van der Waals surface area (Å²) in [4.78, 5) is 4.52. The second kappa shape index (κ2) is 6.41. The van der Waals surface area contributed by atoms with Gasteiger partial charge >= 0.3 is 0 Å². The number of rotatable bonds is 6. The second-order valence-corrected chi connectivity index (χ2v) is 4.67. The lowest BCUT2D eigenvalue weighted by Crippen LogP contribution is -2.04. The topological polar surface area (TPSA) is 66.0 Å². The van der Waals surface area contributed by atoms with Gasteiger partial charge in [0.1, 0.15) is 11.6 Å². The Labute approximate surface area is 119 Å². The molecule has 0 saturated heterocycles. The highest BCUT2D eigenvalue weighted by molar-refractivity contribution is 5.53. The third-order valence-electron chi connectivity index (χ3n) is 2.98. The summed E-state index contributed by atoms with van der Waals surface area (Å²) in [6, 6.07) is 5.69. The zero-order chi connectivity index (χ0) is 14.5. The van der Waals surface area contributed by atoms with E-state index in [1.807, 2.05) is 29.8 Å². The SMILES string of the molecule is CCCOc1cc(N)cc(-n2nc(CC)nc2CC)c1. The molecule has 1 heterocycles. The fourth-order valence-electron chi connectivity index (χ4n) is 2.01. The maximum atomic E-state index is 5.96. The van der Waals surface area contributed by atoms with Gasteiger partial charge in [-0.2, -0.15) is 5.10 Å². The zero-order valence-corrected chi connectivity index (χ0v) is 12.4. The van der Waals surface area contributed by atoms with Gasteiger partial charge in [-0.3, -0.25) is 0 Å². The maximum absolute atomic E-state index is 5.96. The molecule has 0 saturated carbocycles. The number of benzene rings is 1. The lowest BCUT2D eigenvalue weighted by Gasteiger charge is -2.10. The molecule has 108 valence electrons. The van der Waals surface area contributed by atoms with Gasteiger partial charge in [-0.25, -0.2) is 9.67 Å². The van der Waals surface area contributed by atoms with Crippen LogP contribution in [0.4, 0.5) is 5.69 Å². The largest absolute Gasteiger partial charge is 0.493 e. The van der Waals surface area contributed by atoms with Gasteiger partial charge in [0, 0.05) is 30.7 Å². The number of hydrogen-bond acceptors (Lipinski definition) is 4. The van der Waals surface area contributed by atoms with Crippen molar-refractivity contribution in [2.24, 2.45) is 0 Å². The van der Waals surface area contributed by atoms with E-state index in [1.54, 1.807) is 0 Å². The number of aromatic nitrogens is 3. The minimum absolute atomic E-state index is 0.671. The Kier molecular flexibility index (Phi) is 4.61. The van der Waals surface area contributed by atoms with Gasteiger partial charge in [0.2, 0.25) is 0 Å². The lowest BCUT2D eigenvalue weighted by atomic mass is 10.2. The molecule has 0 aliphatic heterocycles. The third-order valence-corrected chi connectivity index (χ3v) is 2.98. The van der Waals surface area contributed by atoms with Crippen molar-refractivity contribution in [2.45, 2.75) is 40.0 Å². The van der Waals surface area contributed by atoms with Crippen molar-refractivity contribution < 1.29 is 4.74 Å². The highest BCUT2D eigenvalue weighted by Crippen LogP contribution is 2.22. The standard InChI is InChI=1S/C15H22N4O/c1-4-7-20-13-9-11(16)8-12(10-13)19-15(6-3)17-14(5-2)18-19/h8-10H,4-7,16H2,1-3H3. The molecule has 0 amide bonds. The van der Waals surface area contributed by atoms with Crippen LogP contribution in [0.2, 0.25) is 0 Å². The normalized spacial score (nSPS) is 10.8. The number of hydrogen-bond donors (Lipinski definition) is 1. The molecule has 0 aliphatic carbocycles. The predicted octanol–water partition coefficient (Wildman–Crippen LogP) is 2.76. The summed E-state index contributed by atoms with van der Waals surface area (Å²) < 4.78 is 7.52. The average molecular weight is 274 g/mol. The molecule has 2 N–H and O–H groups in total. The monoisotopic (exact) mass is 274 g/mol. The highest BCUT2D eigenvalue weighted by Gasteiger charge is 2.10. The van der Waals surface area contributed by atoms with Gasteiger partial charge in [0.25, 0.3) is 0 Å². The molecule has 0 aliphatic rings. The van der Waals surface area contributed by atoms with E-state index in [2.05, 4.69) is 23.9 Å². The van der Waals surface area contributed by atoms with E-state index < -0.39 is 0 Å². The Bertz CT molecular complexity index is 577. The molecule has 2 rings (SSSR count). The first-order chi connectivity index (χ1) is 9.67. The number of nitrogens with zero attached hydrogens (tertiary/aromatic N) is 3. The predicted molar refractivity (Wildman–Crippen MR) is 80.3 cm³/mol. The van der Waals surface area contributed by atoms with Gasteiger partial charge in [0.15, 0.2) is 5.82 Å². The summed E-state index contributed by atoms with van der Waals surface area (Å²) in [5.74, 6) is 2.56. The van der Waals surface area contributed by atoms with Gasteiger partial charge in [-0.05, 0) is 12.5 Å². The fraction of sp³-hybridized carbons (Fsp3) is 0.467. The molecular weight excluding hydrogens is 252 g/mol. The molecule has 20 heavy (non-hydrogen) atoms. The van der Waals surface area contributed by atoms with Crippen LogP contribution in [0.3, 0.4) is 0 Å². The average Bonchev–Trinajstić information content (AvgIpc) is 2.88. The molecule has 0 fully saturated rings. The maximum Gasteiger partial charge on any atom is 0.151 e. The molecule has 0 bridgehead atoms. The van der Waals surface area contributed by atoms with Crippen LogP contribution in [0.1, 0.15) is 38.8 Å². The van der Waals surface area contributed by atoms with Crippen molar-refractivity contribution in [1.29, 1.82) is 0 Å². The summed E-state index contributed by atoms with van der Waals surface area (Å²) in [5, 5.41) is 4.53. The molecule has 2 aromatic rings. The van der Waals surface area contributed by atoms with Crippen molar-refractivity contribution in [3.05, 3.63) is 29.8 Å². The Morgan fingerprint density at radius 2 is 1.95 bits per heavy atom. The van der Waals surface area contributed by atoms with E-state index >= 15 is 0 Å². The van der Waals surface area contributed by atoms with Crippen LogP contribution in [-0.2, 0) is 12.8 Å². The van der Waals surface area contributed by atoms with Crippen LogP contribution in [0.15, 0.2) is 18.2 Å². The summed E-state index contributed by atoms with van der Waals surface area (Å²) in [5.41, 5.74) is 7.53. The van der Waals surface area contributed by atoms with E-state index in [0.717, 1.165) is 42.3 Å². The van der Waals surface area contributed by atoms with Gasteiger partial charge < -0.3 is 10.5 Å². The van der Waals surface area contributed by atoms with Gasteiger partial charge in [0.05, 0.1) is 12.3 Å². The fourth-order valence-corrected chi connectivity index (χ4v) is 2.01. The van der Waals surface area contributed by atoms with Crippen molar-refractivity contribution in [2.75, 3.05) is 12.3 Å². The molecule has 5 nitrogen and oxygen atoms in total. The Balaban J connectivity index is 2.40. The number of nitrogens with two attached hydrogens (primary N) is 1. The third kappa shape index (κ3) is 3.10. The minimum atomic E-state index is 0.671. The quantitative estimate of drug-likeness (QED) is 0.823. The van der Waals surface area contributed by atoms with Crippen LogP contribution in [0.5, 0.6) is 5.75 Å². The highest BCUT2D eigenvalue weighted by atomic mass is 16.5. The second-order valence-electron chi connectivity index (χ2n) is 4.67. The number of ether oxygens (including phenoxy) is 1. The number of anilines is 1. The Morgan fingerprint density at radius 3 is 2.60 bits per heavy atom. The zero-order valence-electron chi connectivity index (χ0n) is 12.4. The molecule has 0 atom stereocenters. The summed E-state index contributed by atoms with van der Waals surface area (Å²) in [7, 11) is 0. The molecule has 5 heteroatoms. The number of aryl methyl sites for hydroxylation is 2. The van der Waals surface area contributed by atoms with Gasteiger partial charge in [-0.1, -0.05) is 20.8 Å². The first-order valence-electron chi connectivity index (χ1n) is 7.16. The number of nitrogen functional groups attached to an aromatic ring is 1. The minimum Gasteiger partial charge on any atom is -0.493 e. The molecular formula is C15H22N4O. The van der Waals surface area contributed by atoms with Crippen molar-refractivity contribution in [3.63, 3.8) is 0 Å². The molecule has 1 aromatic carbocycles. The Hall–Kier alpha value is -2.04. The van der Waals surface area contributed by atoms with Crippen molar-refractivity contribution >= 4 is 5.69 Å². The first-order valence-corrected chi connectivity index (χ1v) is 7.16. The molecule has 1 aromatic heterocycles. The molecule has 0 unspecified atom stereocenters. The Morgan fingerprint density at radius 1 is 1.15 bits per heavy atom. The van der Waals surface area contributed by atoms with E-state index in [9.17, 15) is 0 Å². The van der Waals surface area contributed by atoms with Crippen LogP contribution < -0.4 is 10.5 Å². The van der Waals surface area contributed by atoms with Crippen LogP contribution >= 0.6 is 0 Å². The van der Waals surface area contributed by atoms with Crippen LogP contribution in [0.25, 0.3) is 5.69 Å². The summed E-state index contributed by atoms with van der Waals surface area (Å²) >= 11 is 0. The smallest absolute Gasteiger partial charge is 0.151 e. The van der Waals surface area contributed by atoms with E-state index in [4.69, 9.17) is 10.5 Å². The summed E-state index contributed by atoms with van der Waals surface area (Å²) in [6.45, 7) is 6.88.